The zero-order valence-corrected chi connectivity index (χ0v) is 15.5. The lowest BCUT2D eigenvalue weighted by Crippen LogP contribution is -2.56. The topological polar surface area (TPSA) is 26.3 Å². The number of ether oxygens (including phenoxy) is 1. The molecular formula is C19H21F2IO2. The largest absolute Gasteiger partial charge is 0.457 e. The van der Waals surface area contributed by atoms with E-state index in [4.69, 9.17) is 4.74 Å². The Morgan fingerprint density at radius 3 is 2.38 bits per heavy atom. The van der Waals surface area contributed by atoms with Crippen molar-refractivity contribution >= 4 is 28.6 Å². The van der Waals surface area contributed by atoms with Gasteiger partial charge in [0.1, 0.15) is 6.10 Å². The fourth-order valence-corrected chi connectivity index (χ4v) is 5.90. The second-order valence-electron chi connectivity index (χ2n) is 8.00. The number of carbonyl (C=O) groups is 1. The van der Waals surface area contributed by atoms with E-state index in [1.54, 1.807) is 0 Å². The third-order valence-corrected chi connectivity index (χ3v) is 6.65. The maximum absolute atomic E-state index is 13.2. The van der Waals surface area contributed by atoms with Crippen LogP contribution in [0.5, 0.6) is 0 Å². The minimum atomic E-state index is -3.42. The summed E-state index contributed by atoms with van der Waals surface area (Å²) < 4.78 is 28.3. The zero-order valence-electron chi connectivity index (χ0n) is 13.4. The summed E-state index contributed by atoms with van der Waals surface area (Å²) in [4.78, 5) is 11.6. The number of carbonyl (C=O) groups excluding carboxylic acids is 1. The highest BCUT2D eigenvalue weighted by Crippen LogP contribution is 2.61. The molecule has 130 valence electrons. The maximum atomic E-state index is 13.2. The molecule has 0 aliphatic heterocycles. The van der Waals surface area contributed by atoms with E-state index in [2.05, 4.69) is 24.3 Å². The minimum absolute atomic E-state index is 0.252. The predicted molar refractivity (Wildman–Crippen MR) is 95.0 cm³/mol. The number of halogens is 3. The maximum Gasteiger partial charge on any atom is 0.390 e. The van der Waals surface area contributed by atoms with Gasteiger partial charge < -0.3 is 4.74 Å². The van der Waals surface area contributed by atoms with Gasteiger partial charge in [-0.15, -0.1) is 0 Å². The summed E-state index contributed by atoms with van der Waals surface area (Å²) in [6.07, 6.45) is 6.03. The van der Waals surface area contributed by atoms with Crippen molar-refractivity contribution < 1.29 is 18.3 Å². The second kappa shape index (κ2) is 5.92. The van der Waals surface area contributed by atoms with Crippen LogP contribution in [0.1, 0.15) is 37.7 Å². The van der Waals surface area contributed by atoms with Crippen LogP contribution in [0.2, 0.25) is 0 Å². The highest BCUT2D eigenvalue weighted by atomic mass is 127. The summed E-state index contributed by atoms with van der Waals surface area (Å²) >= 11 is 0.866. The van der Waals surface area contributed by atoms with E-state index >= 15 is 0 Å². The Hall–Kier alpha value is -0.720. The highest BCUT2D eigenvalue weighted by Gasteiger charge is 2.57. The number of hydrogen-bond donors (Lipinski definition) is 0. The van der Waals surface area contributed by atoms with Crippen LogP contribution in [0.25, 0.3) is 0 Å². The summed E-state index contributed by atoms with van der Waals surface area (Å²) in [7, 11) is 0. The molecule has 0 spiro atoms. The number of benzene rings is 1. The van der Waals surface area contributed by atoms with Crippen LogP contribution in [-0.2, 0) is 16.0 Å². The summed E-state index contributed by atoms with van der Waals surface area (Å²) in [5, 5.41) is 0. The number of hydrogen-bond acceptors (Lipinski definition) is 2. The van der Waals surface area contributed by atoms with Gasteiger partial charge in [0.25, 0.3) is 0 Å². The van der Waals surface area contributed by atoms with E-state index in [1.165, 1.54) is 12.0 Å². The lowest BCUT2D eigenvalue weighted by atomic mass is 9.47. The van der Waals surface area contributed by atoms with Gasteiger partial charge in [0, 0.05) is 22.6 Å². The predicted octanol–water partition coefficient (Wildman–Crippen LogP) is 5.00. The molecule has 1 aromatic carbocycles. The molecule has 0 heterocycles. The summed E-state index contributed by atoms with van der Waals surface area (Å²) in [6.45, 7) is 0. The molecule has 0 saturated heterocycles. The van der Waals surface area contributed by atoms with Gasteiger partial charge in [0.05, 0.1) is 0 Å². The molecule has 2 nitrogen and oxygen atoms in total. The molecule has 2 atom stereocenters. The Labute approximate surface area is 154 Å². The van der Waals surface area contributed by atoms with Gasteiger partial charge in [-0.25, -0.2) is 4.79 Å². The minimum Gasteiger partial charge on any atom is -0.457 e. The SMILES string of the molecule is O=C(OC1C2CC3CC1CC(Cc1ccccc1)(C3)C2)C(F)(F)I. The van der Waals surface area contributed by atoms with Gasteiger partial charge in [-0.3, -0.25) is 0 Å². The quantitative estimate of drug-likeness (QED) is 0.370. The fourth-order valence-electron chi connectivity index (χ4n) is 5.77. The van der Waals surface area contributed by atoms with Crippen molar-refractivity contribution in [2.45, 2.75) is 48.6 Å². The first-order valence-corrected chi connectivity index (χ1v) is 9.74. The lowest BCUT2D eigenvalue weighted by molar-refractivity contribution is -0.192. The molecule has 0 aromatic heterocycles. The normalized spacial score (nSPS) is 37.5. The van der Waals surface area contributed by atoms with E-state index in [0.29, 0.717) is 5.92 Å². The van der Waals surface area contributed by atoms with Gasteiger partial charge in [-0.1, -0.05) is 30.3 Å². The standard InChI is InChI=1S/C19H21F2IO2/c20-19(21,22)17(23)24-16-14-6-13-7-15(16)11-18(9-13,10-14)8-12-4-2-1-3-5-12/h1-5,13-16H,6-11H2. The van der Waals surface area contributed by atoms with Crippen molar-refractivity contribution in [1.29, 1.82) is 0 Å². The Kier molecular flexibility index (Phi) is 4.13. The van der Waals surface area contributed by atoms with Crippen molar-refractivity contribution in [2.75, 3.05) is 0 Å². The molecule has 0 radical (unpaired) electrons. The van der Waals surface area contributed by atoms with Crippen LogP contribution in [0.3, 0.4) is 0 Å². The number of alkyl halides is 3. The molecule has 1 aromatic rings. The molecule has 5 rings (SSSR count). The highest BCUT2D eigenvalue weighted by molar-refractivity contribution is 14.1. The summed E-state index contributed by atoms with van der Waals surface area (Å²) in [5.74, 6) is -0.190. The van der Waals surface area contributed by atoms with Crippen LogP contribution < -0.4 is 0 Å². The van der Waals surface area contributed by atoms with E-state index in [0.717, 1.165) is 54.7 Å². The van der Waals surface area contributed by atoms with Crippen LogP contribution in [0, 0.1) is 23.2 Å². The molecule has 4 bridgehead atoms. The van der Waals surface area contributed by atoms with E-state index in [1.807, 2.05) is 6.07 Å². The smallest absolute Gasteiger partial charge is 0.390 e. The Morgan fingerprint density at radius 1 is 1.17 bits per heavy atom. The van der Waals surface area contributed by atoms with Crippen LogP contribution >= 0.6 is 22.6 Å². The third kappa shape index (κ3) is 3.08. The lowest BCUT2D eigenvalue weighted by Gasteiger charge is -2.59. The van der Waals surface area contributed by atoms with Crippen LogP contribution in [0.15, 0.2) is 30.3 Å². The molecule has 4 fully saturated rings. The summed E-state index contributed by atoms with van der Waals surface area (Å²) in [6, 6.07) is 10.5. The van der Waals surface area contributed by atoms with E-state index in [-0.39, 0.29) is 23.4 Å². The fraction of sp³-hybridized carbons (Fsp3) is 0.632. The van der Waals surface area contributed by atoms with Crippen molar-refractivity contribution in [2.24, 2.45) is 23.2 Å². The first-order valence-electron chi connectivity index (χ1n) is 8.66. The monoisotopic (exact) mass is 446 g/mol. The van der Waals surface area contributed by atoms with Crippen molar-refractivity contribution in [3.05, 3.63) is 35.9 Å². The average molecular weight is 446 g/mol. The zero-order chi connectivity index (χ0) is 16.9. The van der Waals surface area contributed by atoms with E-state index in [9.17, 15) is 13.6 Å². The molecule has 0 amide bonds. The Balaban J connectivity index is 1.51. The number of esters is 1. The van der Waals surface area contributed by atoms with Crippen molar-refractivity contribution in [3.8, 4) is 0 Å². The van der Waals surface area contributed by atoms with Crippen molar-refractivity contribution in [3.63, 3.8) is 0 Å². The Morgan fingerprint density at radius 2 is 1.79 bits per heavy atom. The Bertz CT molecular complexity index is 612. The van der Waals surface area contributed by atoms with Crippen LogP contribution in [0.4, 0.5) is 8.78 Å². The third-order valence-electron chi connectivity index (χ3n) is 6.21. The second-order valence-corrected chi connectivity index (χ2v) is 9.35. The van der Waals surface area contributed by atoms with Gasteiger partial charge in [-0.05, 0) is 67.3 Å². The average Bonchev–Trinajstić information content (AvgIpc) is 2.49. The molecule has 4 aliphatic carbocycles. The van der Waals surface area contributed by atoms with Gasteiger partial charge in [0.15, 0.2) is 0 Å². The number of rotatable bonds is 4. The molecule has 4 aliphatic rings. The van der Waals surface area contributed by atoms with Gasteiger partial charge in [0.2, 0.25) is 0 Å². The van der Waals surface area contributed by atoms with E-state index < -0.39 is 9.90 Å². The van der Waals surface area contributed by atoms with Gasteiger partial charge >= 0.3 is 9.90 Å². The molecule has 2 unspecified atom stereocenters. The first kappa shape index (κ1) is 16.7. The molecule has 0 N–H and O–H groups in total. The van der Waals surface area contributed by atoms with Gasteiger partial charge in [-0.2, -0.15) is 8.78 Å². The van der Waals surface area contributed by atoms with Crippen molar-refractivity contribution in [1.82, 2.24) is 0 Å². The molecular weight excluding hydrogens is 425 g/mol. The van der Waals surface area contributed by atoms with Crippen LogP contribution in [-0.4, -0.2) is 16.0 Å². The molecule has 4 saturated carbocycles. The molecule has 24 heavy (non-hydrogen) atoms. The first-order chi connectivity index (χ1) is 11.3. The molecule has 5 heteroatoms. The summed E-state index contributed by atoms with van der Waals surface area (Å²) in [5.41, 5.74) is 1.62.